The van der Waals surface area contributed by atoms with E-state index < -0.39 is 5.41 Å². The van der Waals surface area contributed by atoms with Crippen molar-refractivity contribution in [3.05, 3.63) is 222 Å². The lowest BCUT2D eigenvalue weighted by Crippen LogP contribution is -2.24. The van der Waals surface area contributed by atoms with Gasteiger partial charge in [0.1, 0.15) is 0 Å². The van der Waals surface area contributed by atoms with Gasteiger partial charge in [0, 0.05) is 37.2 Å². The van der Waals surface area contributed by atoms with Crippen LogP contribution in [-0.2, 0) is 5.41 Å². The number of fused-ring (bicyclic) bond motifs is 12. The second-order valence-corrected chi connectivity index (χ2v) is 16.1. The molecule has 0 N–H and O–H groups in total. The Hall–Kier alpha value is -7.27. The Labute approximate surface area is 340 Å². The summed E-state index contributed by atoms with van der Waals surface area (Å²) in [6.07, 6.45) is 0. The molecule has 270 valence electrons. The van der Waals surface area contributed by atoms with E-state index in [9.17, 15) is 0 Å². The first-order valence-corrected chi connectivity index (χ1v) is 20.5. The molecule has 2 aromatic heterocycles. The van der Waals surface area contributed by atoms with Crippen LogP contribution >= 0.6 is 11.3 Å². The van der Waals surface area contributed by atoms with Crippen LogP contribution in [0.4, 0.5) is 0 Å². The van der Waals surface area contributed by atoms with Gasteiger partial charge in [-0.15, -0.1) is 11.3 Å². The highest BCUT2D eigenvalue weighted by atomic mass is 32.1. The van der Waals surface area contributed by atoms with Crippen molar-refractivity contribution in [1.29, 1.82) is 0 Å². The molecule has 1 spiro atoms. The quantitative estimate of drug-likeness (QED) is 0.176. The smallest absolute Gasteiger partial charge is 0.164 e. The third-order valence-electron chi connectivity index (χ3n) is 12.0. The minimum atomic E-state index is -0.433. The molecule has 0 unspecified atom stereocenters. The van der Waals surface area contributed by atoms with E-state index in [1.165, 1.54) is 53.9 Å². The maximum atomic E-state index is 5.26. The number of hydrogen-bond acceptors (Lipinski definition) is 4. The molecule has 8 aromatic carbocycles. The zero-order valence-corrected chi connectivity index (χ0v) is 32.1. The van der Waals surface area contributed by atoms with Crippen LogP contribution in [0.5, 0.6) is 0 Å². The summed E-state index contributed by atoms with van der Waals surface area (Å²) in [5.74, 6) is 1.92. The molecule has 0 saturated heterocycles. The molecule has 2 aliphatic rings. The highest BCUT2D eigenvalue weighted by molar-refractivity contribution is 7.20. The summed E-state index contributed by atoms with van der Waals surface area (Å²) < 4.78 is 1.32. The Morgan fingerprint density at radius 2 is 0.879 bits per heavy atom. The van der Waals surface area contributed by atoms with E-state index in [4.69, 9.17) is 15.0 Å². The molecule has 0 saturated carbocycles. The zero-order valence-electron chi connectivity index (χ0n) is 31.3. The molecule has 12 rings (SSSR count). The molecule has 0 fully saturated rings. The van der Waals surface area contributed by atoms with Gasteiger partial charge >= 0.3 is 0 Å². The third-order valence-corrected chi connectivity index (χ3v) is 13.2. The van der Waals surface area contributed by atoms with Crippen LogP contribution in [0.1, 0.15) is 21.6 Å². The largest absolute Gasteiger partial charge is 0.208 e. The lowest BCUT2D eigenvalue weighted by Gasteiger charge is -2.29. The summed E-state index contributed by atoms with van der Waals surface area (Å²) in [4.78, 5) is 17.0. The number of thiophene rings is 1. The van der Waals surface area contributed by atoms with E-state index in [1.54, 1.807) is 0 Å². The molecule has 2 aliphatic carbocycles. The topological polar surface area (TPSA) is 38.7 Å². The van der Waals surface area contributed by atoms with E-state index in [0.29, 0.717) is 17.5 Å². The summed E-state index contributed by atoms with van der Waals surface area (Å²) in [5, 5.41) is 1.32. The van der Waals surface area contributed by atoms with Crippen molar-refractivity contribution in [1.82, 2.24) is 15.0 Å². The van der Waals surface area contributed by atoms with Crippen LogP contribution in [0, 0.1) is 0 Å². The minimum absolute atomic E-state index is 0.433. The highest BCUT2D eigenvalue weighted by Gasteiger charge is 2.53. The van der Waals surface area contributed by atoms with Gasteiger partial charge in [-0.25, -0.2) is 15.0 Å². The van der Waals surface area contributed by atoms with E-state index in [1.807, 2.05) is 35.6 Å². The number of nitrogens with zero attached hydrogens (tertiary/aromatic N) is 3. The molecule has 2 heterocycles. The first-order valence-electron chi connectivity index (χ1n) is 19.7. The molecular weight excluding hydrogens is 723 g/mol. The molecule has 0 bridgehead atoms. The fraction of sp³-hybridized carbons (Fsp3) is 0.0185. The SMILES string of the molecule is c1ccc(-c2cccc(-c3nc(-c4ccccc4)nc(-c4ccccc4-c4ccc5c(c4)C4(c6ccccc6-c6ccccc64)c4sc6ccccc6c4-5)n3)c2)cc1. The Morgan fingerprint density at radius 3 is 1.62 bits per heavy atom. The van der Waals surface area contributed by atoms with Gasteiger partial charge in [-0.05, 0) is 73.8 Å². The molecule has 0 amide bonds. The van der Waals surface area contributed by atoms with Crippen molar-refractivity contribution >= 4 is 21.4 Å². The first-order chi connectivity index (χ1) is 28.8. The summed E-state index contributed by atoms with van der Waals surface area (Å²) >= 11 is 1.94. The van der Waals surface area contributed by atoms with Gasteiger partial charge in [0.2, 0.25) is 0 Å². The van der Waals surface area contributed by atoms with E-state index >= 15 is 0 Å². The van der Waals surface area contributed by atoms with Crippen LogP contribution in [-0.4, -0.2) is 15.0 Å². The zero-order chi connectivity index (χ0) is 38.2. The van der Waals surface area contributed by atoms with E-state index in [0.717, 1.165) is 38.9 Å². The van der Waals surface area contributed by atoms with Crippen molar-refractivity contribution < 1.29 is 0 Å². The Kier molecular flexibility index (Phi) is 7.31. The van der Waals surface area contributed by atoms with Crippen molar-refractivity contribution in [2.75, 3.05) is 0 Å². The monoisotopic (exact) mass is 755 g/mol. The van der Waals surface area contributed by atoms with Crippen molar-refractivity contribution in [2.45, 2.75) is 5.41 Å². The Balaban J connectivity index is 1.08. The molecule has 58 heavy (non-hydrogen) atoms. The Morgan fingerprint density at radius 1 is 0.328 bits per heavy atom. The van der Waals surface area contributed by atoms with E-state index in [2.05, 4.69) is 176 Å². The van der Waals surface area contributed by atoms with Crippen LogP contribution in [0.2, 0.25) is 0 Å². The van der Waals surface area contributed by atoms with Gasteiger partial charge in [-0.1, -0.05) is 182 Å². The summed E-state index contributed by atoms with van der Waals surface area (Å²) in [7, 11) is 0. The average Bonchev–Trinajstić information content (AvgIpc) is 3.93. The molecule has 0 atom stereocenters. The van der Waals surface area contributed by atoms with Crippen LogP contribution in [0.25, 0.3) is 88.8 Å². The lowest BCUT2D eigenvalue weighted by molar-refractivity contribution is 0.812. The maximum absolute atomic E-state index is 5.26. The van der Waals surface area contributed by atoms with Crippen LogP contribution in [0.15, 0.2) is 200 Å². The fourth-order valence-corrected chi connectivity index (χ4v) is 10.9. The van der Waals surface area contributed by atoms with Crippen LogP contribution in [0.3, 0.4) is 0 Å². The van der Waals surface area contributed by atoms with Crippen molar-refractivity contribution in [3.8, 4) is 78.7 Å². The normalized spacial score (nSPS) is 13.0. The summed E-state index contributed by atoms with van der Waals surface area (Å²) in [6, 6.07) is 71.8. The predicted octanol–water partition coefficient (Wildman–Crippen LogP) is 13.8. The lowest BCUT2D eigenvalue weighted by atomic mass is 9.73. The number of aromatic nitrogens is 3. The maximum Gasteiger partial charge on any atom is 0.164 e. The molecular formula is C54H33N3S. The van der Waals surface area contributed by atoms with Gasteiger partial charge in [-0.3, -0.25) is 0 Å². The van der Waals surface area contributed by atoms with Gasteiger partial charge in [-0.2, -0.15) is 0 Å². The first kappa shape index (κ1) is 32.9. The van der Waals surface area contributed by atoms with Crippen molar-refractivity contribution in [3.63, 3.8) is 0 Å². The fourth-order valence-electron chi connectivity index (χ4n) is 9.45. The van der Waals surface area contributed by atoms with Gasteiger partial charge in [0.05, 0.1) is 5.41 Å². The van der Waals surface area contributed by atoms with E-state index in [-0.39, 0.29) is 0 Å². The van der Waals surface area contributed by atoms with Gasteiger partial charge in [0.25, 0.3) is 0 Å². The number of rotatable bonds is 5. The molecule has 0 aliphatic heterocycles. The number of benzene rings is 8. The Bertz CT molecular complexity index is 3190. The molecule has 0 radical (unpaired) electrons. The summed E-state index contributed by atoms with van der Waals surface area (Å²) in [5.41, 5.74) is 16.2. The number of hydrogen-bond donors (Lipinski definition) is 0. The van der Waals surface area contributed by atoms with Crippen molar-refractivity contribution in [2.24, 2.45) is 0 Å². The minimum Gasteiger partial charge on any atom is -0.208 e. The second-order valence-electron chi connectivity index (χ2n) is 15.1. The molecule has 3 nitrogen and oxygen atoms in total. The summed E-state index contributed by atoms with van der Waals surface area (Å²) in [6.45, 7) is 0. The standard InChI is InChI=1S/C54H33N3S/c1-3-16-34(17-4-1)36-20-15-21-38(32-36)52-55-51(35-18-5-2-6-19-35)56-53(57-52)42-25-8-7-22-39(42)37-30-31-43-47(33-37)54(50-49(43)44-26-11-14-29-48(44)58-50)45-27-12-9-23-40(45)41-24-10-13-28-46(41)54/h1-33H. The average molecular weight is 756 g/mol. The van der Waals surface area contributed by atoms with Gasteiger partial charge < -0.3 is 0 Å². The van der Waals surface area contributed by atoms with Gasteiger partial charge in [0.15, 0.2) is 17.5 Å². The third kappa shape index (κ3) is 4.82. The second kappa shape index (κ2) is 12.9. The predicted molar refractivity (Wildman–Crippen MR) is 239 cm³/mol. The molecule has 4 heteroatoms. The molecule has 10 aromatic rings. The van der Waals surface area contributed by atoms with Crippen LogP contribution < -0.4 is 0 Å². The highest BCUT2D eigenvalue weighted by Crippen LogP contribution is 2.66.